The molecule has 21 heavy (non-hydrogen) atoms. The molecule has 118 valence electrons. The van der Waals surface area contributed by atoms with E-state index in [-0.39, 0.29) is 31.3 Å². The lowest BCUT2D eigenvalue weighted by Crippen LogP contribution is -2.44. The molecule has 0 heterocycles. The second-order valence-corrected chi connectivity index (χ2v) is 5.74. The number of carbonyl (C=O) groups excluding carboxylic acids is 3. The number of rotatable bonds is 7. The number of hydrogen-bond donors (Lipinski definition) is 4. The molecule has 4 amide bonds. The van der Waals surface area contributed by atoms with Crippen molar-refractivity contribution >= 4 is 23.8 Å². The molecule has 0 spiro atoms. The lowest BCUT2D eigenvalue weighted by molar-refractivity contribution is -0.149. The second kappa shape index (κ2) is 7.05. The summed E-state index contributed by atoms with van der Waals surface area (Å²) in [6.07, 6.45) is 1.52. The first-order valence-electron chi connectivity index (χ1n) is 6.81. The van der Waals surface area contributed by atoms with Gasteiger partial charge in [-0.1, -0.05) is 0 Å². The van der Waals surface area contributed by atoms with Gasteiger partial charge in [-0.15, -0.1) is 0 Å². The summed E-state index contributed by atoms with van der Waals surface area (Å²) in [5.74, 6) is -1.68. The molecule has 0 aromatic rings. The third-order valence-corrected chi connectivity index (χ3v) is 3.09. The number of carboxylic acids is 1. The number of amides is 4. The monoisotopic (exact) mass is 299 g/mol. The van der Waals surface area contributed by atoms with Crippen molar-refractivity contribution in [2.75, 3.05) is 13.1 Å². The normalized spacial score (nSPS) is 14.2. The number of carboxylic acid groups (broad SMARTS) is 1. The molecule has 1 fully saturated rings. The number of urea groups is 1. The number of aliphatic carboxylic acids is 1. The standard InChI is InChI=1S/C13H21N3O5/c1-13(2,11(19)20)7-9(17)16-12(21)15-6-5-14-10(18)8-3-4-8/h8H,3-7H2,1-2H3,(H,14,18)(H,19,20)(H2,15,16,17,21). The van der Waals surface area contributed by atoms with Crippen molar-refractivity contribution in [1.82, 2.24) is 16.0 Å². The summed E-state index contributed by atoms with van der Waals surface area (Å²) in [4.78, 5) is 45.1. The molecule has 1 aliphatic rings. The smallest absolute Gasteiger partial charge is 0.321 e. The van der Waals surface area contributed by atoms with Crippen molar-refractivity contribution < 1.29 is 24.3 Å². The molecule has 0 bridgehead atoms. The molecular weight excluding hydrogens is 278 g/mol. The van der Waals surface area contributed by atoms with Crippen LogP contribution >= 0.6 is 0 Å². The third kappa shape index (κ3) is 6.24. The summed E-state index contributed by atoms with van der Waals surface area (Å²) < 4.78 is 0. The highest BCUT2D eigenvalue weighted by Crippen LogP contribution is 2.28. The SMILES string of the molecule is CC(C)(CC(=O)NC(=O)NCCNC(=O)C1CC1)C(=O)O. The number of nitrogens with one attached hydrogen (secondary N) is 3. The molecule has 4 N–H and O–H groups in total. The Labute approximate surface area is 122 Å². The molecule has 0 saturated heterocycles. The Hall–Kier alpha value is -2.12. The van der Waals surface area contributed by atoms with E-state index in [9.17, 15) is 19.2 Å². The van der Waals surface area contributed by atoms with E-state index in [1.165, 1.54) is 13.8 Å². The van der Waals surface area contributed by atoms with Gasteiger partial charge in [-0.05, 0) is 26.7 Å². The van der Waals surface area contributed by atoms with Gasteiger partial charge < -0.3 is 15.7 Å². The number of carbonyl (C=O) groups is 4. The Morgan fingerprint density at radius 2 is 1.67 bits per heavy atom. The van der Waals surface area contributed by atoms with Crippen LogP contribution in [0.5, 0.6) is 0 Å². The minimum Gasteiger partial charge on any atom is -0.481 e. The maximum absolute atomic E-state index is 11.5. The van der Waals surface area contributed by atoms with Crippen molar-refractivity contribution in [2.45, 2.75) is 33.1 Å². The van der Waals surface area contributed by atoms with E-state index in [4.69, 9.17) is 5.11 Å². The van der Waals surface area contributed by atoms with Gasteiger partial charge in [0.05, 0.1) is 5.41 Å². The average molecular weight is 299 g/mol. The maximum Gasteiger partial charge on any atom is 0.321 e. The zero-order chi connectivity index (χ0) is 16.0. The highest BCUT2D eigenvalue weighted by molar-refractivity contribution is 5.96. The van der Waals surface area contributed by atoms with Gasteiger partial charge in [0.15, 0.2) is 0 Å². The number of imide groups is 1. The van der Waals surface area contributed by atoms with Gasteiger partial charge in [0.2, 0.25) is 11.8 Å². The van der Waals surface area contributed by atoms with E-state index >= 15 is 0 Å². The van der Waals surface area contributed by atoms with E-state index < -0.39 is 23.3 Å². The molecule has 1 aliphatic carbocycles. The summed E-state index contributed by atoms with van der Waals surface area (Å²) in [7, 11) is 0. The van der Waals surface area contributed by atoms with Crippen LogP contribution < -0.4 is 16.0 Å². The Kier molecular flexibility index (Phi) is 5.69. The first-order chi connectivity index (χ1) is 9.72. The van der Waals surface area contributed by atoms with Crippen LogP contribution in [0.15, 0.2) is 0 Å². The molecular formula is C13H21N3O5. The minimum absolute atomic E-state index is 0.0171. The van der Waals surface area contributed by atoms with Crippen LogP contribution in [0.2, 0.25) is 0 Å². The lowest BCUT2D eigenvalue weighted by atomic mass is 9.89. The van der Waals surface area contributed by atoms with Crippen molar-refractivity contribution in [1.29, 1.82) is 0 Å². The molecule has 1 saturated carbocycles. The third-order valence-electron chi connectivity index (χ3n) is 3.09. The second-order valence-electron chi connectivity index (χ2n) is 5.74. The van der Waals surface area contributed by atoms with Gasteiger partial charge in [0.1, 0.15) is 0 Å². The summed E-state index contributed by atoms with van der Waals surface area (Å²) in [5, 5.41) is 16.0. The zero-order valence-electron chi connectivity index (χ0n) is 12.2. The minimum atomic E-state index is -1.23. The fraction of sp³-hybridized carbons (Fsp3) is 0.692. The molecule has 8 heteroatoms. The fourth-order valence-corrected chi connectivity index (χ4v) is 1.54. The predicted octanol–water partition coefficient (Wildman–Crippen LogP) is -0.161. The zero-order valence-corrected chi connectivity index (χ0v) is 12.2. The van der Waals surface area contributed by atoms with Crippen LogP contribution in [0, 0.1) is 11.3 Å². The van der Waals surface area contributed by atoms with Crippen molar-refractivity contribution in [3.8, 4) is 0 Å². The van der Waals surface area contributed by atoms with Gasteiger partial charge in [-0.3, -0.25) is 19.7 Å². The molecule has 0 atom stereocenters. The molecule has 1 rings (SSSR count). The fourth-order valence-electron chi connectivity index (χ4n) is 1.54. The molecule has 0 aliphatic heterocycles. The van der Waals surface area contributed by atoms with Crippen molar-refractivity contribution in [2.24, 2.45) is 11.3 Å². The van der Waals surface area contributed by atoms with Gasteiger partial charge in [0, 0.05) is 25.4 Å². The highest BCUT2D eigenvalue weighted by atomic mass is 16.4. The first-order valence-corrected chi connectivity index (χ1v) is 6.81. The van der Waals surface area contributed by atoms with E-state index in [0.29, 0.717) is 0 Å². The van der Waals surface area contributed by atoms with Crippen molar-refractivity contribution in [3.05, 3.63) is 0 Å². The van der Waals surface area contributed by atoms with Gasteiger partial charge in [-0.25, -0.2) is 4.79 Å². The van der Waals surface area contributed by atoms with Gasteiger partial charge in [0.25, 0.3) is 0 Å². The topological polar surface area (TPSA) is 125 Å². The Morgan fingerprint density at radius 1 is 1.10 bits per heavy atom. The average Bonchev–Trinajstić information content (AvgIpc) is 3.17. The van der Waals surface area contributed by atoms with Crippen LogP contribution in [-0.2, 0) is 14.4 Å². The largest absolute Gasteiger partial charge is 0.481 e. The molecule has 0 aromatic carbocycles. The summed E-state index contributed by atoms with van der Waals surface area (Å²) in [5.41, 5.74) is -1.23. The number of hydrogen-bond acceptors (Lipinski definition) is 4. The molecule has 0 radical (unpaired) electrons. The van der Waals surface area contributed by atoms with Crippen LogP contribution in [0.1, 0.15) is 33.1 Å². The Bertz CT molecular complexity index is 443. The molecule has 0 aromatic heterocycles. The van der Waals surface area contributed by atoms with Crippen LogP contribution in [-0.4, -0.2) is 42.0 Å². The van der Waals surface area contributed by atoms with Crippen molar-refractivity contribution in [3.63, 3.8) is 0 Å². The van der Waals surface area contributed by atoms with E-state index in [2.05, 4.69) is 10.6 Å². The van der Waals surface area contributed by atoms with Gasteiger partial charge in [-0.2, -0.15) is 0 Å². The molecule has 8 nitrogen and oxygen atoms in total. The highest BCUT2D eigenvalue weighted by Gasteiger charge is 2.31. The lowest BCUT2D eigenvalue weighted by Gasteiger charge is -2.17. The Balaban J connectivity index is 2.16. The summed E-state index contributed by atoms with van der Waals surface area (Å²) >= 11 is 0. The predicted molar refractivity (Wildman–Crippen MR) is 73.3 cm³/mol. The quantitative estimate of drug-likeness (QED) is 0.486. The maximum atomic E-state index is 11.5. The van der Waals surface area contributed by atoms with E-state index in [1.54, 1.807) is 0 Å². The van der Waals surface area contributed by atoms with Crippen LogP contribution in [0.4, 0.5) is 4.79 Å². The van der Waals surface area contributed by atoms with Gasteiger partial charge >= 0.3 is 12.0 Å². The Morgan fingerprint density at radius 3 is 2.19 bits per heavy atom. The molecule has 0 unspecified atom stereocenters. The van der Waals surface area contributed by atoms with Crippen LogP contribution in [0.3, 0.4) is 0 Å². The summed E-state index contributed by atoms with van der Waals surface area (Å²) in [6, 6.07) is -0.707. The first kappa shape index (κ1) is 16.9. The summed E-state index contributed by atoms with van der Waals surface area (Å²) in [6.45, 7) is 3.29. The van der Waals surface area contributed by atoms with E-state index in [1.807, 2.05) is 5.32 Å². The van der Waals surface area contributed by atoms with E-state index in [0.717, 1.165) is 12.8 Å². The van der Waals surface area contributed by atoms with Crippen LogP contribution in [0.25, 0.3) is 0 Å².